The lowest BCUT2D eigenvalue weighted by molar-refractivity contribution is 0.0950. The van der Waals surface area contributed by atoms with Gasteiger partial charge in [0.2, 0.25) is 0 Å². The molecule has 0 fully saturated rings. The first-order chi connectivity index (χ1) is 12.2. The molecule has 0 unspecified atom stereocenters. The van der Waals surface area contributed by atoms with Gasteiger partial charge in [0, 0.05) is 24.3 Å². The molecule has 0 aliphatic carbocycles. The van der Waals surface area contributed by atoms with E-state index >= 15 is 0 Å². The number of rotatable bonds is 7. The number of benzene rings is 1. The van der Waals surface area contributed by atoms with Gasteiger partial charge in [0.15, 0.2) is 16.6 Å². The fourth-order valence-electron chi connectivity index (χ4n) is 2.40. The van der Waals surface area contributed by atoms with Crippen LogP contribution in [0.1, 0.15) is 16.1 Å². The van der Waals surface area contributed by atoms with Gasteiger partial charge in [0.1, 0.15) is 5.69 Å². The van der Waals surface area contributed by atoms with Crippen molar-refractivity contribution >= 4 is 17.2 Å². The second-order valence-electron chi connectivity index (χ2n) is 5.30. The van der Waals surface area contributed by atoms with E-state index in [0.717, 1.165) is 10.7 Å². The predicted molar refractivity (Wildman–Crippen MR) is 97.0 cm³/mol. The largest absolute Gasteiger partial charge is 0.493 e. The zero-order valence-electron chi connectivity index (χ0n) is 14.1. The van der Waals surface area contributed by atoms with Crippen LogP contribution >= 0.6 is 11.3 Å². The van der Waals surface area contributed by atoms with Crippen molar-refractivity contribution in [1.82, 2.24) is 14.9 Å². The molecule has 130 valence electrons. The number of aromatic nitrogens is 2. The second-order valence-corrected chi connectivity index (χ2v) is 6.14. The Morgan fingerprint density at radius 1 is 1.20 bits per heavy atom. The van der Waals surface area contributed by atoms with Gasteiger partial charge in [-0.05, 0) is 36.2 Å². The van der Waals surface area contributed by atoms with Crippen LogP contribution in [0, 0.1) is 0 Å². The SMILES string of the molecule is COc1ccc(CCNC(=O)c2csc(-n3cccc3)n2)cc1OC. The number of nitrogens with one attached hydrogen (secondary N) is 1. The molecule has 2 aromatic heterocycles. The molecule has 0 bridgehead atoms. The summed E-state index contributed by atoms with van der Waals surface area (Å²) in [7, 11) is 3.21. The van der Waals surface area contributed by atoms with Crippen molar-refractivity contribution in [3.63, 3.8) is 0 Å². The Balaban J connectivity index is 1.56. The molecule has 0 saturated carbocycles. The molecule has 0 aliphatic heterocycles. The molecule has 7 heteroatoms. The average Bonchev–Trinajstić information content (AvgIpc) is 3.32. The van der Waals surface area contributed by atoms with Crippen LogP contribution in [0.4, 0.5) is 0 Å². The molecule has 2 heterocycles. The Hall–Kier alpha value is -2.80. The van der Waals surface area contributed by atoms with Crippen molar-refractivity contribution in [2.45, 2.75) is 6.42 Å². The molecular weight excluding hydrogens is 338 g/mol. The van der Waals surface area contributed by atoms with Gasteiger partial charge in [-0.15, -0.1) is 11.3 Å². The molecule has 0 spiro atoms. The molecule has 3 aromatic rings. The van der Waals surface area contributed by atoms with E-state index in [1.165, 1.54) is 11.3 Å². The monoisotopic (exact) mass is 357 g/mol. The molecule has 0 aliphatic rings. The number of carbonyl (C=O) groups excluding carboxylic acids is 1. The number of carbonyl (C=O) groups is 1. The fourth-order valence-corrected chi connectivity index (χ4v) is 3.17. The maximum Gasteiger partial charge on any atom is 0.270 e. The van der Waals surface area contributed by atoms with E-state index in [0.29, 0.717) is 30.2 Å². The third-order valence-corrected chi connectivity index (χ3v) is 4.55. The van der Waals surface area contributed by atoms with E-state index in [4.69, 9.17) is 9.47 Å². The molecule has 6 nitrogen and oxygen atoms in total. The summed E-state index contributed by atoms with van der Waals surface area (Å²) in [5.41, 5.74) is 1.49. The minimum Gasteiger partial charge on any atom is -0.493 e. The minimum absolute atomic E-state index is 0.171. The highest BCUT2D eigenvalue weighted by Crippen LogP contribution is 2.27. The quantitative estimate of drug-likeness (QED) is 0.706. The van der Waals surface area contributed by atoms with Crippen molar-refractivity contribution in [3.05, 3.63) is 59.4 Å². The standard InChI is InChI=1S/C18H19N3O3S/c1-23-15-6-5-13(11-16(15)24-2)7-8-19-17(22)14-12-25-18(20-14)21-9-3-4-10-21/h3-6,9-12H,7-8H2,1-2H3,(H,19,22). The molecule has 1 amide bonds. The first-order valence-electron chi connectivity index (χ1n) is 7.79. The maximum absolute atomic E-state index is 12.2. The van der Waals surface area contributed by atoms with Crippen molar-refractivity contribution in [2.24, 2.45) is 0 Å². The van der Waals surface area contributed by atoms with E-state index in [2.05, 4.69) is 10.3 Å². The van der Waals surface area contributed by atoms with Gasteiger partial charge < -0.3 is 19.4 Å². The van der Waals surface area contributed by atoms with E-state index < -0.39 is 0 Å². The van der Waals surface area contributed by atoms with Gasteiger partial charge in [-0.3, -0.25) is 4.79 Å². The number of nitrogens with zero attached hydrogens (tertiary/aromatic N) is 2. The Kier molecular flexibility index (Phi) is 5.35. The van der Waals surface area contributed by atoms with Crippen LogP contribution in [0.15, 0.2) is 48.1 Å². The van der Waals surface area contributed by atoms with Crippen LogP contribution in [0.3, 0.4) is 0 Å². The molecule has 0 saturated heterocycles. The van der Waals surface area contributed by atoms with E-state index in [1.54, 1.807) is 19.6 Å². The van der Waals surface area contributed by atoms with Gasteiger partial charge in [-0.1, -0.05) is 6.07 Å². The van der Waals surface area contributed by atoms with Gasteiger partial charge >= 0.3 is 0 Å². The smallest absolute Gasteiger partial charge is 0.270 e. The molecule has 1 N–H and O–H groups in total. The van der Waals surface area contributed by atoms with Crippen LogP contribution < -0.4 is 14.8 Å². The summed E-state index contributed by atoms with van der Waals surface area (Å²) in [4.78, 5) is 16.6. The van der Waals surface area contributed by atoms with E-state index in [-0.39, 0.29) is 5.91 Å². The summed E-state index contributed by atoms with van der Waals surface area (Å²) in [6.45, 7) is 0.519. The van der Waals surface area contributed by atoms with E-state index in [1.807, 2.05) is 47.3 Å². The zero-order valence-corrected chi connectivity index (χ0v) is 14.9. The van der Waals surface area contributed by atoms with E-state index in [9.17, 15) is 4.79 Å². The summed E-state index contributed by atoms with van der Waals surface area (Å²) in [6, 6.07) is 9.58. The van der Waals surface area contributed by atoms with Crippen LogP contribution in [-0.4, -0.2) is 36.2 Å². The topological polar surface area (TPSA) is 65.4 Å². The van der Waals surface area contributed by atoms with Crippen molar-refractivity contribution < 1.29 is 14.3 Å². The van der Waals surface area contributed by atoms with Crippen molar-refractivity contribution in [1.29, 1.82) is 0 Å². The highest BCUT2D eigenvalue weighted by Gasteiger charge is 2.11. The maximum atomic E-state index is 12.2. The summed E-state index contributed by atoms with van der Waals surface area (Å²) < 4.78 is 12.4. The third kappa shape index (κ3) is 4.00. The lowest BCUT2D eigenvalue weighted by Gasteiger charge is -2.09. The van der Waals surface area contributed by atoms with Gasteiger partial charge in [-0.2, -0.15) is 0 Å². The highest BCUT2D eigenvalue weighted by molar-refractivity contribution is 7.12. The Morgan fingerprint density at radius 3 is 2.68 bits per heavy atom. The summed E-state index contributed by atoms with van der Waals surface area (Å²) >= 11 is 1.44. The lowest BCUT2D eigenvalue weighted by Crippen LogP contribution is -2.26. The van der Waals surface area contributed by atoms with Crippen LogP contribution in [0.2, 0.25) is 0 Å². The number of methoxy groups -OCH3 is 2. The first kappa shape index (κ1) is 17.0. The third-order valence-electron chi connectivity index (χ3n) is 3.70. The van der Waals surface area contributed by atoms with Crippen LogP contribution in [-0.2, 0) is 6.42 Å². The summed E-state index contributed by atoms with van der Waals surface area (Å²) in [5, 5.41) is 5.43. The number of hydrogen-bond acceptors (Lipinski definition) is 5. The van der Waals surface area contributed by atoms with Crippen LogP contribution in [0.5, 0.6) is 11.5 Å². The average molecular weight is 357 g/mol. The molecular formula is C18H19N3O3S. The van der Waals surface area contributed by atoms with Crippen molar-refractivity contribution in [2.75, 3.05) is 20.8 Å². The Bertz CT molecular complexity index is 843. The number of amides is 1. The van der Waals surface area contributed by atoms with Gasteiger partial charge in [-0.25, -0.2) is 4.98 Å². The zero-order chi connectivity index (χ0) is 17.6. The second kappa shape index (κ2) is 7.85. The Morgan fingerprint density at radius 2 is 1.96 bits per heavy atom. The molecule has 0 radical (unpaired) electrons. The van der Waals surface area contributed by atoms with Gasteiger partial charge in [0.25, 0.3) is 5.91 Å². The molecule has 1 aromatic carbocycles. The predicted octanol–water partition coefficient (Wildman–Crippen LogP) is 2.92. The highest BCUT2D eigenvalue weighted by atomic mass is 32.1. The van der Waals surface area contributed by atoms with Crippen LogP contribution in [0.25, 0.3) is 5.13 Å². The van der Waals surface area contributed by atoms with Gasteiger partial charge in [0.05, 0.1) is 14.2 Å². The summed E-state index contributed by atoms with van der Waals surface area (Å²) in [6.07, 6.45) is 4.50. The lowest BCUT2D eigenvalue weighted by atomic mass is 10.1. The first-order valence-corrected chi connectivity index (χ1v) is 8.67. The molecule has 0 atom stereocenters. The molecule has 3 rings (SSSR count). The number of thiazole rings is 1. The Labute approximate surface area is 150 Å². The van der Waals surface area contributed by atoms with Crippen molar-refractivity contribution in [3.8, 4) is 16.6 Å². The molecule has 25 heavy (non-hydrogen) atoms. The number of ether oxygens (including phenoxy) is 2. The minimum atomic E-state index is -0.171. The number of hydrogen-bond donors (Lipinski definition) is 1. The summed E-state index contributed by atoms with van der Waals surface area (Å²) in [5.74, 6) is 1.20. The normalized spacial score (nSPS) is 10.5. The fraction of sp³-hybridized carbons (Fsp3) is 0.222.